The lowest BCUT2D eigenvalue weighted by Crippen LogP contribution is -2.30. The van der Waals surface area contributed by atoms with Crippen LogP contribution in [0.5, 0.6) is 0 Å². The summed E-state index contributed by atoms with van der Waals surface area (Å²) >= 11 is 1.32. The highest BCUT2D eigenvalue weighted by Gasteiger charge is 2.11. The van der Waals surface area contributed by atoms with Crippen molar-refractivity contribution < 1.29 is 4.79 Å². The van der Waals surface area contributed by atoms with Crippen LogP contribution in [0.15, 0.2) is 5.38 Å². The van der Waals surface area contributed by atoms with Gasteiger partial charge in [-0.1, -0.05) is 20.3 Å². The molecule has 0 bridgehead atoms. The number of thiazole rings is 1. The van der Waals surface area contributed by atoms with E-state index >= 15 is 0 Å². The van der Waals surface area contributed by atoms with Crippen molar-refractivity contribution in [3.63, 3.8) is 0 Å². The van der Waals surface area contributed by atoms with Crippen molar-refractivity contribution in [2.45, 2.75) is 26.8 Å². The second kappa shape index (κ2) is 6.68. The average molecular weight is 256 g/mol. The highest BCUT2D eigenvalue weighted by molar-refractivity contribution is 7.11. The zero-order chi connectivity index (χ0) is 12.8. The highest BCUT2D eigenvalue weighted by atomic mass is 32.1. The Labute approximate surface area is 106 Å². The molecule has 0 saturated heterocycles. The predicted octanol–water partition coefficient (Wildman–Crippen LogP) is 1.22. The number of nitrogens with zero attached hydrogens (tertiary/aromatic N) is 2. The predicted molar refractivity (Wildman–Crippen MR) is 69.6 cm³/mol. The number of nitrogens with one attached hydrogen (secondary N) is 1. The van der Waals surface area contributed by atoms with Crippen molar-refractivity contribution in [3.8, 4) is 0 Å². The summed E-state index contributed by atoms with van der Waals surface area (Å²) < 4.78 is 0. The van der Waals surface area contributed by atoms with Gasteiger partial charge in [-0.25, -0.2) is 10.8 Å². The Bertz CT molecular complexity index is 366. The summed E-state index contributed by atoms with van der Waals surface area (Å²) in [6.07, 6.45) is 1.17. The van der Waals surface area contributed by atoms with Crippen LogP contribution in [0, 0.1) is 5.92 Å². The Morgan fingerprint density at radius 3 is 3.00 bits per heavy atom. The van der Waals surface area contributed by atoms with E-state index in [0.29, 0.717) is 10.9 Å². The van der Waals surface area contributed by atoms with Crippen molar-refractivity contribution in [2.24, 2.45) is 11.8 Å². The highest BCUT2D eigenvalue weighted by Crippen LogP contribution is 2.12. The Morgan fingerprint density at radius 2 is 2.41 bits per heavy atom. The molecule has 3 N–H and O–H groups in total. The van der Waals surface area contributed by atoms with Gasteiger partial charge in [-0.3, -0.25) is 10.2 Å². The number of hydrazine groups is 1. The van der Waals surface area contributed by atoms with E-state index in [-0.39, 0.29) is 5.91 Å². The Balaban J connectivity index is 2.51. The average Bonchev–Trinajstić information content (AvgIpc) is 2.76. The van der Waals surface area contributed by atoms with E-state index in [1.165, 1.54) is 17.8 Å². The molecule has 0 aliphatic heterocycles. The number of hydrogen-bond acceptors (Lipinski definition) is 5. The van der Waals surface area contributed by atoms with Gasteiger partial charge in [-0.05, 0) is 13.0 Å². The lowest BCUT2D eigenvalue weighted by atomic mass is 10.1. The third-order valence-electron chi connectivity index (χ3n) is 2.63. The van der Waals surface area contributed by atoms with Crippen LogP contribution in [-0.2, 0) is 6.54 Å². The molecule has 1 heterocycles. The van der Waals surface area contributed by atoms with Gasteiger partial charge < -0.3 is 4.90 Å². The van der Waals surface area contributed by atoms with Gasteiger partial charge in [0.05, 0.1) is 5.69 Å². The second-order valence-corrected chi connectivity index (χ2v) is 5.19. The van der Waals surface area contributed by atoms with Crippen LogP contribution in [0.1, 0.15) is 35.8 Å². The molecule has 0 aliphatic rings. The van der Waals surface area contributed by atoms with Gasteiger partial charge in [0.2, 0.25) is 0 Å². The zero-order valence-corrected chi connectivity index (χ0v) is 11.4. The van der Waals surface area contributed by atoms with E-state index in [4.69, 9.17) is 5.84 Å². The summed E-state index contributed by atoms with van der Waals surface area (Å²) in [5, 5.41) is 2.32. The standard InChI is InChI=1S/C11H20N4OS/c1-4-8(2)5-15(3)6-9-7-17-11(13-9)10(16)14-12/h7-8H,4-6,12H2,1-3H3,(H,14,16). The van der Waals surface area contributed by atoms with Crippen LogP contribution in [0.3, 0.4) is 0 Å². The van der Waals surface area contributed by atoms with Gasteiger partial charge in [0, 0.05) is 18.5 Å². The summed E-state index contributed by atoms with van der Waals surface area (Å²) in [4.78, 5) is 17.7. The minimum Gasteiger partial charge on any atom is -0.300 e. The maximum Gasteiger partial charge on any atom is 0.294 e. The minimum absolute atomic E-state index is 0.328. The first-order valence-corrected chi connectivity index (χ1v) is 6.58. The molecule has 1 atom stereocenters. The first kappa shape index (κ1) is 14.1. The molecular formula is C11H20N4OS. The molecular weight excluding hydrogens is 236 g/mol. The fourth-order valence-electron chi connectivity index (χ4n) is 1.55. The lowest BCUT2D eigenvalue weighted by Gasteiger charge is -2.19. The summed E-state index contributed by atoms with van der Waals surface area (Å²) in [6, 6.07) is 0. The molecule has 6 heteroatoms. The van der Waals surface area contributed by atoms with E-state index in [0.717, 1.165) is 18.8 Å². The molecule has 1 amide bonds. The summed E-state index contributed by atoms with van der Waals surface area (Å²) in [6.45, 7) is 6.21. The molecule has 0 aliphatic carbocycles. The molecule has 0 fully saturated rings. The number of amides is 1. The van der Waals surface area contributed by atoms with Crippen molar-refractivity contribution in [3.05, 3.63) is 16.1 Å². The molecule has 0 aromatic carbocycles. The SMILES string of the molecule is CCC(C)CN(C)Cc1csc(C(=O)NN)n1. The normalized spacial score (nSPS) is 12.8. The van der Waals surface area contributed by atoms with E-state index in [1.54, 1.807) is 0 Å². The number of carbonyl (C=O) groups excluding carboxylic acids is 1. The number of rotatable bonds is 6. The lowest BCUT2D eigenvalue weighted by molar-refractivity contribution is 0.0953. The number of aromatic nitrogens is 1. The smallest absolute Gasteiger partial charge is 0.294 e. The van der Waals surface area contributed by atoms with Crippen LogP contribution in [0.25, 0.3) is 0 Å². The van der Waals surface area contributed by atoms with E-state index in [1.807, 2.05) is 5.38 Å². The maximum atomic E-state index is 11.2. The van der Waals surface area contributed by atoms with Crippen LogP contribution in [0.2, 0.25) is 0 Å². The molecule has 1 rings (SSSR count). The Morgan fingerprint density at radius 1 is 1.71 bits per heavy atom. The van der Waals surface area contributed by atoms with Crippen molar-refractivity contribution >= 4 is 17.2 Å². The Hall–Kier alpha value is -0.980. The fourth-order valence-corrected chi connectivity index (χ4v) is 2.26. The molecule has 17 heavy (non-hydrogen) atoms. The summed E-state index contributed by atoms with van der Waals surface area (Å²) in [5.41, 5.74) is 3.00. The number of nitrogen functional groups attached to an aromatic ring is 1. The van der Waals surface area contributed by atoms with Crippen molar-refractivity contribution in [1.29, 1.82) is 0 Å². The molecule has 0 radical (unpaired) electrons. The van der Waals surface area contributed by atoms with Crippen LogP contribution < -0.4 is 11.3 Å². The molecule has 1 aromatic rings. The molecule has 5 nitrogen and oxygen atoms in total. The van der Waals surface area contributed by atoms with Crippen LogP contribution in [0.4, 0.5) is 0 Å². The van der Waals surface area contributed by atoms with Gasteiger partial charge in [0.1, 0.15) is 0 Å². The molecule has 0 saturated carbocycles. The van der Waals surface area contributed by atoms with Gasteiger partial charge in [-0.15, -0.1) is 11.3 Å². The monoisotopic (exact) mass is 256 g/mol. The van der Waals surface area contributed by atoms with Gasteiger partial charge >= 0.3 is 0 Å². The van der Waals surface area contributed by atoms with E-state index < -0.39 is 0 Å². The Kier molecular flexibility index (Phi) is 5.54. The molecule has 96 valence electrons. The topological polar surface area (TPSA) is 71.2 Å². The van der Waals surface area contributed by atoms with Crippen LogP contribution in [-0.4, -0.2) is 29.4 Å². The van der Waals surface area contributed by atoms with Gasteiger partial charge in [0.15, 0.2) is 5.01 Å². The first-order chi connectivity index (χ1) is 8.06. The van der Waals surface area contributed by atoms with Crippen LogP contribution >= 0.6 is 11.3 Å². The van der Waals surface area contributed by atoms with Crippen molar-refractivity contribution in [1.82, 2.24) is 15.3 Å². The quantitative estimate of drug-likeness (QED) is 0.456. The molecule has 0 spiro atoms. The summed E-state index contributed by atoms with van der Waals surface area (Å²) in [5.74, 6) is 5.40. The zero-order valence-electron chi connectivity index (χ0n) is 10.6. The third kappa shape index (κ3) is 4.41. The van der Waals surface area contributed by atoms with Crippen molar-refractivity contribution in [2.75, 3.05) is 13.6 Å². The van der Waals surface area contributed by atoms with E-state index in [9.17, 15) is 4.79 Å². The molecule has 1 unspecified atom stereocenters. The fraction of sp³-hybridized carbons (Fsp3) is 0.636. The third-order valence-corrected chi connectivity index (χ3v) is 3.52. The largest absolute Gasteiger partial charge is 0.300 e. The first-order valence-electron chi connectivity index (χ1n) is 5.70. The number of hydrogen-bond donors (Lipinski definition) is 2. The molecule has 1 aromatic heterocycles. The summed E-state index contributed by atoms with van der Waals surface area (Å²) in [7, 11) is 2.06. The maximum absolute atomic E-state index is 11.2. The number of nitrogens with two attached hydrogens (primary N) is 1. The van der Waals surface area contributed by atoms with E-state index in [2.05, 4.69) is 36.2 Å². The number of carbonyl (C=O) groups is 1. The minimum atomic E-state index is -0.328. The van der Waals surface area contributed by atoms with Gasteiger partial charge in [0.25, 0.3) is 5.91 Å². The van der Waals surface area contributed by atoms with Gasteiger partial charge in [-0.2, -0.15) is 0 Å². The second-order valence-electron chi connectivity index (χ2n) is 4.33.